The minimum Gasteiger partial charge on any atom is -0.387 e. The quantitative estimate of drug-likeness (QED) is 0.811. The smallest absolute Gasteiger partial charge is 0.387 e. The molecule has 1 rings (SSSR count). The van der Waals surface area contributed by atoms with Crippen LogP contribution in [0.5, 0.6) is 0 Å². The average Bonchev–Trinajstić information content (AvgIpc) is 2.37. The van der Waals surface area contributed by atoms with E-state index in [0.717, 1.165) is 5.56 Å². The van der Waals surface area contributed by atoms with E-state index in [2.05, 4.69) is 0 Å². The van der Waals surface area contributed by atoms with Gasteiger partial charge in [0.25, 0.3) is 0 Å². The van der Waals surface area contributed by atoms with Crippen LogP contribution in [0, 0.1) is 0 Å². The van der Waals surface area contributed by atoms with Crippen LogP contribution >= 0.6 is 0 Å². The van der Waals surface area contributed by atoms with Gasteiger partial charge in [0.2, 0.25) is 0 Å². The Labute approximate surface area is 117 Å². The second-order valence-corrected chi connectivity index (χ2v) is 4.81. The highest BCUT2D eigenvalue weighted by Gasteiger charge is 2.31. The van der Waals surface area contributed by atoms with Crippen LogP contribution < -0.4 is 5.73 Å². The summed E-state index contributed by atoms with van der Waals surface area (Å²) in [6, 6.07) is 6.94. The van der Waals surface area contributed by atoms with Crippen molar-refractivity contribution in [3.05, 3.63) is 35.4 Å². The zero-order valence-electron chi connectivity index (χ0n) is 11.5. The minimum atomic E-state index is -4.25. The molecule has 0 aromatic heterocycles. The van der Waals surface area contributed by atoms with Crippen molar-refractivity contribution in [2.45, 2.75) is 32.2 Å². The van der Waals surface area contributed by atoms with Crippen molar-refractivity contribution < 1.29 is 18.3 Å². The van der Waals surface area contributed by atoms with Crippen LogP contribution in [0.1, 0.15) is 30.6 Å². The molecule has 0 radical (unpaired) electrons. The fraction of sp³-hybridized carbons (Fsp3) is 0.571. The zero-order chi connectivity index (χ0) is 15.2. The van der Waals surface area contributed by atoms with Gasteiger partial charge in [-0.2, -0.15) is 13.2 Å². The molecule has 1 unspecified atom stereocenters. The first-order valence-corrected chi connectivity index (χ1v) is 6.61. The summed E-state index contributed by atoms with van der Waals surface area (Å²) in [5.41, 5.74) is 6.99. The van der Waals surface area contributed by atoms with Gasteiger partial charge >= 0.3 is 6.18 Å². The highest BCUT2D eigenvalue weighted by atomic mass is 19.4. The molecule has 114 valence electrons. The van der Waals surface area contributed by atoms with E-state index < -0.39 is 18.8 Å². The second kappa shape index (κ2) is 7.61. The summed E-state index contributed by atoms with van der Waals surface area (Å²) in [6.45, 7) is 1.48. The van der Waals surface area contributed by atoms with Crippen molar-refractivity contribution in [2.24, 2.45) is 5.73 Å². The first-order chi connectivity index (χ1) is 9.35. The van der Waals surface area contributed by atoms with Gasteiger partial charge in [-0.15, -0.1) is 0 Å². The molecule has 1 aromatic rings. The topological polar surface area (TPSA) is 49.5 Å². The molecule has 0 amide bonds. The predicted octanol–water partition coefficient (Wildman–Crippen LogP) is 2.45. The molecule has 20 heavy (non-hydrogen) atoms. The van der Waals surface area contributed by atoms with Gasteiger partial charge < -0.3 is 10.8 Å². The number of halogens is 3. The normalized spacial score (nSPS) is 13.8. The fourth-order valence-corrected chi connectivity index (χ4v) is 2.03. The Morgan fingerprint density at radius 2 is 1.85 bits per heavy atom. The van der Waals surface area contributed by atoms with Gasteiger partial charge in [-0.25, -0.2) is 0 Å². The Balaban J connectivity index is 2.66. The minimum absolute atomic E-state index is 0.0324. The zero-order valence-corrected chi connectivity index (χ0v) is 11.5. The summed E-state index contributed by atoms with van der Waals surface area (Å²) >= 11 is 0. The van der Waals surface area contributed by atoms with E-state index in [1.165, 1.54) is 4.90 Å². The molecule has 0 saturated carbocycles. The Bertz CT molecular complexity index is 392. The molecule has 0 aliphatic carbocycles. The maximum atomic E-state index is 12.4. The summed E-state index contributed by atoms with van der Waals surface area (Å²) in [5.74, 6) is 0. The fourth-order valence-electron chi connectivity index (χ4n) is 2.03. The van der Waals surface area contributed by atoms with E-state index >= 15 is 0 Å². The van der Waals surface area contributed by atoms with Gasteiger partial charge in [-0.05, 0) is 24.1 Å². The van der Waals surface area contributed by atoms with E-state index in [1.807, 2.05) is 6.92 Å². The second-order valence-electron chi connectivity index (χ2n) is 4.81. The van der Waals surface area contributed by atoms with Crippen LogP contribution in [0.3, 0.4) is 0 Å². The lowest BCUT2D eigenvalue weighted by Crippen LogP contribution is -2.37. The molecular formula is C14H21F3N2O. The first kappa shape index (κ1) is 16.9. The van der Waals surface area contributed by atoms with E-state index in [-0.39, 0.29) is 6.54 Å². The molecule has 1 aromatic carbocycles. The number of aliphatic hydroxyl groups is 1. The highest BCUT2D eigenvalue weighted by Crippen LogP contribution is 2.20. The van der Waals surface area contributed by atoms with Crippen molar-refractivity contribution in [3.63, 3.8) is 0 Å². The van der Waals surface area contributed by atoms with E-state index in [1.54, 1.807) is 24.3 Å². The van der Waals surface area contributed by atoms with Gasteiger partial charge in [-0.1, -0.05) is 31.2 Å². The number of alkyl halides is 3. The molecule has 0 bridgehead atoms. The van der Waals surface area contributed by atoms with E-state index in [0.29, 0.717) is 25.1 Å². The SMILES string of the molecule is CCCN(CC(O)c1ccc(CN)cc1)CC(F)(F)F. The van der Waals surface area contributed by atoms with Crippen molar-refractivity contribution in [1.82, 2.24) is 4.90 Å². The summed E-state index contributed by atoms with van der Waals surface area (Å²) in [6.07, 6.45) is -4.58. The summed E-state index contributed by atoms with van der Waals surface area (Å²) in [5, 5.41) is 10.0. The van der Waals surface area contributed by atoms with Crippen LogP contribution in [0.15, 0.2) is 24.3 Å². The Hall–Kier alpha value is -1.11. The van der Waals surface area contributed by atoms with Crippen LogP contribution in [0.4, 0.5) is 13.2 Å². The van der Waals surface area contributed by atoms with Gasteiger partial charge in [-0.3, -0.25) is 4.90 Å². The average molecular weight is 290 g/mol. The summed E-state index contributed by atoms with van der Waals surface area (Å²) in [4.78, 5) is 1.22. The molecule has 0 spiro atoms. The van der Waals surface area contributed by atoms with Crippen molar-refractivity contribution >= 4 is 0 Å². The largest absolute Gasteiger partial charge is 0.401 e. The predicted molar refractivity (Wildman–Crippen MR) is 72.1 cm³/mol. The van der Waals surface area contributed by atoms with Crippen molar-refractivity contribution in [2.75, 3.05) is 19.6 Å². The number of hydrogen-bond acceptors (Lipinski definition) is 3. The third kappa shape index (κ3) is 5.90. The first-order valence-electron chi connectivity index (χ1n) is 6.61. The van der Waals surface area contributed by atoms with Gasteiger partial charge in [0.15, 0.2) is 0 Å². The third-order valence-electron chi connectivity index (χ3n) is 2.97. The maximum Gasteiger partial charge on any atom is 0.401 e. The van der Waals surface area contributed by atoms with E-state index in [9.17, 15) is 18.3 Å². The molecule has 0 aliphatic heterocycles. The van der Waals surface area contributed by atoms with Crippen molar-refractivity contribution in [3.8, 4) is 0 Å². The Morgan fingerprint density at radius 3 is 2.30 bits per heavy atom. The number of rotatable bonds is 7. The maximum absolute atomic E-state index is 12.4. The number of hydrogen-bond donors (Lipinski definition) is 2. The molecule has 0 heterocycles. The lowest BCUT2D eigenvalue weighted by molar-refractivity contribution is -0.148. The summed E-state index contributed by atoms with van der Waals surface area (Å²) < 4.78 is 37.3. The number of nitrogens with zero attached hydrogens (tertiary/aromatic N) is 1. The molecule has 3 N–H and O–H groups in total. The number of nitrogens with two attached hydrogens (primary N) is 1. The number of benzene rings is 1. The third-order valence-corrected chi connectivity index (χ3v) is 2.97. The highest BCUT2D eigenvalue weighted by molar-refractivity contribution is 5.24. The molecule has 0 aliphatic rings. The molecular weight excluding hydrogens is 269 g/mol. The standard InChI is InChI=1S/C14H21F3N2O/c1-2-7-19(10-14(15,16)17)9-13(20)12-5-3-11(8-18)4-6-12/h3-6,13,20H,2,7-10,18H2,1H3. The Morgan fingerprint density at radius 1 is 1.25 bits per heavy atom. The molecule has 3 nitrogen and oxygen atoms in total. The van der Waals surface area contributed by atoms with Crippen LogP contribution in [0.2, 0.25) is 0 Å². The van der Waals surface area contributed by atoms with Gasteiger partial charge in [0.1, 0.15) is 0 Å². The monoisotopic (exact) mass is 290 g/mol. The summed E-state index contributed by atoms with van der Waals surface area (Å²) in [7, 11) is 0. The van der Waals surface area contributed by atoms with E-state index in [4.69, 9.17) is 5.73 Å². The van der Waals surface area contributed by atoms with Gasteiger partial charge in [0.05, 0.1) is 12.6 Å². The number of aliphatic hydroxyl groups excluding tert-OH is 1. The van der Waals surface area contributed by atoms with Crippen LogP contribution in [0.25, 0.3) is 0 Å². The van der Waals surface area contributed by atoms with Crippen LogP contribution in [-0.2, 0) is 6.54 Å². The van der Waals surface area contributed by atoms with Gasteiger partial charge in [0, 0.05) is 13.1 Å². The molecule has 1 atom stereocenters. The molecule has 0 fully saturated rings. The lowest BCUT2D eigenvalue weighted by Gasteiger charge is -2.25. The van der Waals surface area contributed by atoms with Crippen molar-refractivity contribution in [1.29, 1.82) is 0 Å². The van der Waals surface area contributed by atoms with Crippen LogP contribution in [-0.4, -0.2) is 35.8 Å². The Kier molecular flexibility index (Phi) is 6.45. The molecule has 0 saturated heterocycles. The molecule has 6 heteroatoms. The lowest BCUT2D eigenvalue weighted by atomic mass is 10.1.